The number of amides is 1. The van der Waals surface area contributed by atoms with E-state index in [-0.39, 0.29) is 5.91 Å². The molecule has 0 radical (unpaired) electrons. The molecule has 0 fully saturated rings. The SMILES string of the molecule is Cn1c(-c2cc3nccc(Cl)c3s2)cnc1C(=O)NCc1ccccn1. The summed E-state index contributed by atoms with van der Waals surface area (Å²) in [4.78, 5) is 26.2. The Kier molecular flexibility index (Phi) is 4.40. The Morgan fingerprint density at radius 2 is 2.12 bits per heavy atom. The third kappa shape index (κ3) is 3.07. The fourth-order valence-corrected chi connectivity index (χ4v) is 3.97. The van der Waals surface area contributed by atoms with Crippen LogP contribution in [0.15, 0.2) is 48.9 Å². The molecule has 0 aliphatic heterocycles. The van der Waals surface area contributed by atoms with Crippen LogP contribution in [0.3, 0.4) is 0 Å². The van der Waals surface area contributed by atoms with Crippen molar-refractivity contribution in [1.29, 1.82) is 0 Å². The van der Waals surface area contributed by atoms with Gasteiger partial charge in [0.1, 0.15) is 0 Å². The summed E-state index contributed by atoms with van der Waals surface area (Å²) in [5.41, 5.74) is 2.47. The summed E-state index contributed by atoms with van der Waals surface area (Å²) in [7, 11) is 1.82. The number of halogens is 1. The molecule has 0 aliphatic carbocycles. The Labute approximate surface area is 158 Å². The molecule has 0 unspecified atom stereocenters. The van der Waals surface area contributed by atoms with Crippen LogP contribution in [0.5, 0.6) is 0 Å². The van der Waals surface area contributed by atoms with Gasteiger partial charge in [0.05, 0.1) is 44.2 Å². The molecule has 0 atom stereocenters. The summed E-state index contributed by atoms with van der Waals surface area (Å²) in [5.74, 6) is 0.0918. The molecule has 4 aromatic heterocycles. The van der Waals surface area contributed by atoms with E-state index >= 15 is 0 Å². The lowest BCUT2D eigenvalue weighted by atomic mass is 10.3. The number of hydrogen-bond donors (Lipinski definition) is 1. The fraction of sp³-hybridized carbons (Fsp3) is 0.111. The van der Waals surface area contributed by atoms with E-state index in [2.05, 4.69) is 20.3 Å². The average Bonchev–Trinajstić information content (AvgIpc) is 3.25. The van der Waals surface area contributed by atoms with E-state index < -0.39 is 0 Å². The van der Waals surface area contributed by atoms with Crippen molar-refractivity contribution in [1.82, 2.24) is 24.8 Å². The number of fused-ring (bicyclic) bond motifs is 1. The summed E-state index contributed by atoms with van der Waals surface area (Å²) < 4.78 is 2.69. The van der Waals surface area contributed by atoms with Gasteiger partial charge in [0, 0.05) is 19.4 Å². The van der Waals surface area contributed by atoms with Crippen molar-refractivity contribution in [2.75, 3.05) is 0 Å². The number of carbonyl (C=O) groups excluding carboxylic acids is 1. The maximum Gasteiger partial charge on any atom is 0.287 e. The Bertz CT molecular complexity index is 1090. The van der Waals surface area contributed by atoms with Gasteiger partial charge in [-0.15, -0.1) is 11.3 Å². The molecule has 0 saturated carbocycles. The molecular weight excluding hydrogens is 370 g/mol. The summed E-state index contributed by atoms with van der Waals surface area (Å²) in [6.07, 6.45) is 5.07. The molecule has 1 amide bonds. The van der Waals surface area contributed by atoms with Gasteiger partial charge in [0.2, 0.25) is 0 Å². The minimum Gasteiger partial charge on any atom is -0.344 e. The minimum atomic E-state index is -0.248. The Morgan fingerprint density at radius 3 is 2.88 bits per heavy atom. The molecule has 0 saturated heterocycles. The zero-order chi connectivity index (χ0) is 18.1. The number of nitrogens with zero attached hydrogens (tertiary/aromatic N) is 4. The topological polar surface area (TPSA) is 72.7 Å². The molecule has 6 nitrogen and oxygen atoms in total. The van der Waals surface area contributed by atoms with Crippen LogP contribution in [0.4, 0.5) is 0 Å². The standard InChI is InChI=1S/C18H14ClN5OS/c1-24-14(15-8-13-16(26-15)12(19)5-7-21-13)10-22-17(24)18(25)23-9-11-4-2-3-6-20-11/h2-8,10H,9H2,1H3,(H,23,25). The highest BCUT2D eigenvalue weighted by Gasteiger charge is 2.17. The van der Waals surface area contributed by atoms with Gasteiger partial charge in [-0.05, 0) is 24.3 Å². The predicted octanol–water partition coefficient (Wildman–Crippen LogP) is 3.68. The van der Waals surface area contributed by atoms with Crippen LogP contribution in [0.1, 0.15) is 16.3 Å². The van der Waals surface area contributed by atoms with Gasteiger partial charge >= 0.3 is 0 Å². The largest absolute Gasteiger partial charge is 0.344 e. The first-order valence-electron chi connectivity index (χ1n) is 7.88. The van der Waals surface area contributed by atoms with Crippen molar-refractivity contribution in [3.8, 4) is 10.6 Å². The number of pyridine rings is 2. The molecule has 4 rings (SSSR count). The first kappa shape index (κ1) is 16.7. The second kappa shape index (κ2) is 6.86. The monoisotopic (exact) mass is 383 g/mol. The highest BCUT2D eigenvalue weighted by Crippen LogP contribution is 2.36. The number of carbonyl (C=O) groups is 1. The molecule has 0 aliphatic rings. The van der Waals surface area contributed by atoms with Crippen molar-refractivity contribution in [2.45, 2.75) is 6.54 Å². The Hall–Kier alpha value is -2.77. The maximum absolute atomic E-state index is 12.5. The molecule has 130 valence electrons. The quantitative estimate of drug-likeness (QED) is 0.583. The van der Waals surface area contributed by atoms with Crippen molar-refractivity contribution in [2.24, 2.45) is 7.05 Å². The third-order valence-electron chi connectivity index (χ3n) is 3.96. The first-order valence-corrected chi connectivity index (χ1v) is 9.07. The van der Waals surface area contributed by atoms with Gasteiger partial charge in [-0.25, -0.2) is 4.98 Å². The van der Waals surface area contributed by atoms with Crippen LogP contribution in [0, 0.1) is 0 Å². The van der Waals surface area contributed by atoms with Crippen molar-refractivity contribution < 1.29 is 4.79 Å². The summed E-state index contributed by atoms with van der Waals surface area (Å²) >= 11 is 7.76. The van der Waals surface area contributed by atoms with Crippen LogP contribution >= 0.6 is 22.9 Å². The zero-order valence-electron chi connectivity index (χ0n) is 13.8. The minimum absolute atomic E-state index is 0.248. The summed E-state index contributed by atoms with van der Waals surface area (Å²) in [6, 6.07) is 9.30. The molecule has 1 N–H and O–H groups in total. The van der Waals surface area contributed by atoms with Crippen LogP contribution in [-0.2, 0) is 13.6 Å². The lowest BCUT2D eigenvalue weighted by Gasteiger charge is -2.06. The molecule has 4 heterocycles. The number of nitrogens with one attached hydrogen (secondary N) is 1. The summed E-state index contributed by atoms with van der Waals surface area (Å²) in [6.45, 7) is 0.351. The molecule has 8 heteroatoms. The lowest BCUT2D eigenvalue weighted by Crippen LogP contribution is -2.26. The van der Waals surface area contributed by atoms with E-state index in [4.69, 9.17) is 11.6 Å². The normalized spacial score (nSPS) is 11.0. The maximum atomic E-state index is 12.5. The van der Waals surface area contributed by atoms with Gasteiger partial charge in [-0.1, -0.05) is 17.7 Å². The van der Waals surface area contributed by atoms with Crippen LogP contribution in [-0.4, -0.2) is 25.4 Å². The van der Waals surface area contributed by atoms with Crippen molar-refractivity contribution in [3.05, 3.63) is 65.5 Å². The molecule has 4 aromatic rings. The van der Waals surface area contributed by atoms with Gasteiger partial charge in [-0.2, -0.15) is 0 Å². The van der Waals surface area contributed by atoms with E-state index in [9.17, 15) is 4.79 Å². The van der Waals surface area contributed by atoms with E-state index in [0.29, 0.717) is 17.4 Å². The third-order valence-corrected chi connectivity index (χ3v) is 5.57. The van der Waals surface area contributed by atoms with E-state index in [1.165, 1.54) is 11.3 Å². The van der Waals surface area contributed by atoms with E-state index in [1.54, 1.807) is 29.2 Å². The van der Waals surface area contributed by atoms with Gasteiger partial charge in [0.25, 0.3) is 5.91 Å². The number of imidazole rings is 1. The average molecular weight is 384 g/mol. The number of aromatic nitrogens is 4. The number of rotatable bonds is 4. The highest BCUT2D eigenvalue weighted by molar-refractivity contribution is 7.22. The van der Waals surface area contributed by atoms with Gasteiger partial charge < -0.3 is 9.88 Å². The number of hydrogen-bond acceptors (Lipinski definition) is 5. The van der Waals surface area contributed by atoms with Crippen LogP contribution < -0.4 is 5.32 Å². The highest BCUT2D eigenvalue weighted by atomic mass is 35.5. The van der Waals surface area contributed by atoms with Gasteiger partial charge in [0.15, 0.2) is 5.82 Å². The predicted molar refractivity (Wildman–Crippen MR) is 102 cm³/mol. The molecular formula is C18H14ClN5OS. The Balaban J connectivity index is 1.59. The first-order chi connectivity index (χ1) is 12.6. The second-order valence-corrected chi connectivity index (χ2v) is 7.11. The fourth-order valence-electron chi connectivity index (χ4n) is 2.64. The zero-order valence-corrected chi connectivity index (χ0v) is 15.4. The summed E-state index contributed by atoms with van der Waals surface area (Å²) in [5, 5.41) is 3.51. The van der Waals surface area contributed by atoms with Gasteiger partial charge in [-0.3, -0.25) is 14.8 Å². The van der Waals surface area contributed by atoms with Crippen molar-refractivity contribution >= 4 is 39.1 Å². The number of thiophene rings is 1. The molecule has 0 spiro atoms. The van der Waals surface area contributed by atoms with Crippen LogP contribution in [0.25, 0.3) is 20.8 Å². The Morgan fingerprint density at radius 1 is 1.23 bits per heavy atom. The van der Waals surface area contributed by atoms with E-state index in [0.717, 1.165) is 26.5 Å². The van der Waals surface area contributed by atoms with E-state index in [1.807, 2.05) is 31.3 Å². The molecule has 0 bridgehead atoms. The molecule has 26 heavy (non-hydrogen) atoms. The second-order valence-electron chi connectivity index (χ2n) is 5.65. The molecule has 0 aromatic carbocycles. The smallest absolute Gasteiger partial charge is 0.287 e. The lowest BCUT2D eigenvalue weighted by molar-refractivity contribution is 0.0937. The van der Waals surface area contributed by atoms with Crippen molar-refractivity contribution in [3.63, 3.8) is 0 Å². The van der Waals surface area contributed by atoms with Crippen LogP contribution in [0.2, 0.25) is 5.02 Å².